The van der Waals surface area contributed by atoms with E-state index in [2.05, 4.69) is 10.3 Å². The van der Waals surface area contributed by atoms with E-state index in [4.69, 9.17) is 16.3 Å². The number of halogens is 1. The summed E-state index contributed by atoms with van der Waals surface area (Å²) >= 11 is 8.90. The molecule has 0 aliphatic rings. The number of carbonyl (C=O) groups is 1. The van der Waals surface area contributed by atoms with E-state index in [9.17, 15) is 9.59 Å². The number of carbonyl (C=O) groups excluding carboxylic acids is 1. The normalized spacial score (nSPS) is 10.9. The molecule has 0 spiro atoms. The third kappa shape index (κ3) is 5.15. The molecule has 4 aromatic rings. The van der Waals surface area contributed by atoms with Crippen molar-refractivity contribution < 1.29 is 9.53 Å². The molecular weight excluding hydrogens is 466 g/mol. The number of nitrogens with one attached hydrogen (secondary N) is 1. The van der Waals surface area contributed by atoms with Gasteiger partial charge >= 0.3 is 0 Å². The third-order valence-corrected chi connectivity index (χ3v) is 7.03. The lowest BCUT2D eigenvalue weighted by Crippen LogP contribution is -2.26. The van der Waals surface area contributed by atoms with Crippen molar-refractivity contribution in [2.45, 2.75) is 18.2 Å². The lowest BCUT2D eigenvalue weighted by Gasteiger charge is -2.13. The van der Waals surface area contributed by atoms with E-state index in [-0.39, 0.29) is 23.8 Å². The van der Waals surface area contributed by atoms with E-state index in [0.29, 0.717) is 26.9 Å². The summed E-state index contributed by atoms with van der Waals surface area (Å²) in [7, 11) is 1.61. The van der Waals surface area contributed by atoms with Crippen molar-refractivity contribution in [3.8, 4) is 5.75 Å². The maximum absolute atomic E-state index is 13.1. The Bertz CT molecular complexity index is 1300. The summed E-state index contributed by atoms with van der Waals surface area (Å²) in [5.74, 6) is 0.762. The first-order valence-electron chi connectivity index (χ1n) is 9.79. The van der Waals surface area contributed by atoms with Crippen LogP contribution in [0.4, 0.5) is 0 Å². The first-order valence-corrected chi connectivity index (χ1v) is 12.0. The lowest BCUT2D eigenvalue weighted by molar-refractivity contribution is -0.118. The summed E-state index contributed by atoms with van der Waals surface area (Å²) in [5.41, 5.74) is 2.29. The summed E-state index contributed by atoms with van der Waals surface area (Å²) in [6.07, 6.45) is 0. The Kier molecular flexibility index (Phi) is 7.14. The summed E-state index contributed by atoms with van der Waals surface area (Å²) in [6.45, 7) is 0.696. The van der Waals surface area contributed by atoms with Gasteiger partial charge in [-0.2, -0.15) is 0 Å². The van der Waals surface area contributed by atoms with Crippen LogP contribution in [0.15, 0.2) is 69.9 Å². The van der Waals surface area contributed by atoms with Gasteiger partial charge in [0.05, 0.1) is 24.9 Å². The molecule has 164 valence electrons. The van der Waals surface area contributed by atoms with E-state index in [1.54, 1.807) is 17.7 Å². The average molecular weight is 486 g/mol. The number of hydrogen-bond acceptors (Lipinski definition) is 6. The van der Waals surface area contributed by atoms with Crippen LogP contribution in [0.3, 0.4) is 0 Å². The highest BCUT2D eigenvalue weighted by atomic mass is 35.5. The van der Waals surface area contributed by atoms with Crippen molar-refractivity contribution in [3.63, 3.8) is 0 Å². The quantitative estimate of drug-likeness (QED) is 0.292. The van der Waals surface area contributed by atoms with Gasteiger partial charge in [-0.1, -0.05) is 53.7 Å². The molecule has 32 heavy (non-hydrogen) atoms. The van der Waals surface area contributed by atoms with E-state index in [0.717, 1.165) is 16.9 Å². The number of thioether (sulfide) groups is 1. The Hall–Kier alpha value is -2.81. The van der Waals surface area contributed by atoms with Gasteiger partial charge in [-0.05, 0) is 40.8 Å². The van der Waals surface area contributed by atoms with Crippen LogP contribution in [-0.4, -0.2) is 28.3 Å². The predicted molar refractivity (Wildman–Crippen MR) is 130 cm³/mol. The van der Waals surface area contributed by atoms with Gasteiger partial charge in [-0.3, -0.25) is 14.2 Å². The van der Waals surface area contributed by atoms with Crippen molar-refractivity contribution in [2.75, 3.05) is 12.9 Å². The van der Waals surface area contributed by atoms with E-state index in [1.165, 1.54) is 23.1 Å². The molecule has 1 N–H and O–H groups in total. The molecule has 6 nitrogen and oxygen atoms in total. The SMILES string of the molecule is COc1ccc(CNC(=O)CSc2nc3ccsc3c(=O)n2Cc2ccccc2Cl)cc1. The standard InChI is InChI=1S/C23H20ClN3O3S2/c1-30-17-8-6-15(7-9-17)12-25-20(28)14-32-23-26-19-10-11-31-21(19)22(29)27(23)13-16-4-2-3-5-18(16)24/h2-11H,12-14H2,1H3,(H,25,28). The molecule has 2 aromatic heterocycles. The fourth-order valence-electron chi connectivity index (χ4n) is 3.10. The molecule has 0 saturated carbocycles. The zero-order chi connectivity index (χ0) is 22.5. The number of ether oxygens (including phenoxy) is 1. The highest BCUT2D eigenvalue weighted by Crippen LogP contribution is 2.23. The molecule has 4 rings (SSSR count). The van der Waals surface area contributed by atoms with Crippen LogP contribution in [0.2, 0.25) is 5.02 Å². The summed E-state index contributed by atoms with van der Waals surface area (Å²) in [5, 5.41) is 5.81. The number of benzene rings is 2. The Balaban J connectivity index is 1.49. The Morgan fingerprint density at radius 3 is 2.72 bits per heavy atom. The maximum atomic E-state index is 13.1. The van der Waals surface area contributed by atoms with E-state index in [1.807, 2.05) is 53.9 Å². The topological polar surface area (TPSA) is 73.2 Å². The van der Waals surface area contributed by atoms with Gasteiger partial charge in [-0.15, -0.1) is 11.3 Å². The molecule has 0 bridgehead atoms. The molecule has 0 radical (unpaired) electrons. The largest absolute Gasteiger partial charge is 0.497 e. The van der Waals surface area contributed by atoms with Gasteiger partial charge in [0.15, 0.2) is 5.16 Å². The second-order valence-corrected chi connectivity index (χ2v) is 9.19. The van der Waals surface area contributed by atoms with Gasteiger partial charge in [-0.25, -0.2) is 4.98 Å². The second-order valence-electron chi connectivity index (χ2n) is 6.93. The van der Waals surface area contributed by atoms with Crippen molar-refractivity contribution >= 4 is 50.8 Å². The minimum absolute atomic E-state index is 0.133. The highest BCUT2D eigenvalue weighted by molar-refractivity contribution is 7.99. The van der Waals surface area contributed by atoms with E-state index < -0.39 is 0 Å². The summed E-state index contributed by atoms with van der Waals surface area (Å²) in [6, 6.07) is 16.7. The minimum Gasteiger partial charge on any atom is -0.497 e. The maximum Gasteiger partial charge on any atom is 0.272 e. The minimum atomic E-state index is -0.144. The molecule has 2 heterocycles. The van der Waals surface area contributed by atoms with Crippen molar-refractivity contribution in [3.05, 3.63) is 86.5 Å². The van der Waals surface area contributed by atoms with Gasteiger partial charge in [0, 0.05) is 11.6 Å². The van der Waals surface area contributed by atoms with Gasteiger partial charge in [0.25, 0.3) is 5.56 Å². The fourth-order valence-corrected chi connectivity index (χ4v) is 4.90. The number of aromatic nitrogens is 2. The van der Waals surface area contributed by atoms with Gasteiger partial charge in [0.2, 0.25) is 5.91 Å². The second kappa shape index (κ2) is 10.2. The van der Waals surface area contributed by atoms with Crippen LogP contribution in [0.1, 0.15) is 11.1 Å². The first-order chi connectivity index (χ1) is 15.5. The summed E-state index contributed by atoms with van der Waals surface area (Å²) in [4.78, 5) is 30.2. The number of hydrogen-bond donors (Lipinski definition) is 1. The number of fused-ring (bicyclic) bond motifs is 1. The predicted octanol–water partition coefficient (Wildman–Crippen LogP) is 4.58. The zero-order valence-electron chi connectivity index (χ0n) is 17.2. The third-order valence-electron chi connectivity index (χ3n) is 4.80. The molecule has 1 amide bonds. The molecule has 0 saturated heterocycles. The van der Waals surface area contributed by atoms with Crippen molar-refractivity contribution in [1.29, 1.82) is 0 Å². The number of amides is 1. The monoisotopic (exact) mass is 485 g/mol. The fraction of sp³-hybridized carbons (Fsp3) is 0.174. The average Bonchev–Trinajstić information content (AvgIpc) is 3.29. The molecule has 0 aliphatic heterocycles. The lowest BCUT2D eigenvalue weighted by atomic mass is 10.2. The number of methoxy groups -OCH3 is 1. The Morgan fingerprint density at radius 2 is 1.97 bits per heavy atom. The van der Waals surface area contributed by atoms with Gasteiger partial charge < -0.3 is 10.1 Å². The van der Waals surface area contributed by atoms with Crippen LogP contribution in [-0.2, 0) is 17.9 Å². The van der Waals surface area contributed by atoms with Crippen molar-refractivity contribution in [2.24, 2.45) is 0 Å². The molecule has 0 aliphatic carbocycles. The Morgan fingerprint density at radius 1 is 1.19 bits per heavy atom. The Labute approximate surface area is 198 Å². The zero-order valence-corrected chi connectivity index (χ0v) is 19.6. The molecule has 9 heteroatoms. The first kappa shape index (κ1) is 22.4. The smallest absolute Gasteiger partial charge is 0.272 e. The number of rotatable bonds is 8. The van der Waals surface area contributed by atoms with Gasteiger partial charge in [0.1, 0.15) is 10.4 Å². The molecule has 0 fully saturated rings. The van der Waals surface area contributed by atoms with Crippen LogP contribution in [0, 0.1) is 0 Å². The van der Waals surface area contributed by atoms with Crippen LogP contribution < -0.4 is 15.6 Å². The molecule has 2 aromatic carbocycles. The summed E-state index contributed by atoms with van der Waals surface area (Å²) < 4.78 is 7.32. The number of nitrogens with zero attached hydrogens (tertiary/aromatic N) is 2. The van der Waals surface area contributed by atoms with Crippen LogP contribution in [0.5, 0.6) is 5.75 Å². The van der Waals surface area contributed by atoms with Crippen LogP contribution >= 0.6 is 34.7 Å². The van der Waals surface area contributed by atoms with E-state index >= 15 is 0 Å². The molecule has 0 atom stereocenters. The van der Waals surface area contributed by atoms with Crippen molar-refractivity contribution in [1.82, 2.24) is 14.9 Å². The highest BCUT2D eigenvalue weighted by Gasteiger charge is 2.15. The molecular formula is C23H20ClN3O3S2. The number of thiophene rings is 1. The molecule has 0 unspecified atom stereocenters. The van der Waals surface area contributed by atoms with Crippen LogP contribution in [0.25, 0.3) is 10.2 Å².